The van der Waals surface area contributed by atoms with Gasteiger partial charge in [-0.15, -0.1) is 6.58 Å². The minimum absolute atomic E-state index is 0.861. The van der Waals surface area contributed by atoms with Crippen molar-refractivity contribution < 1.29 is 45.3 Å². The van der Waals surface area contributed by atoms with Crippen molar-refractivity contribution in [2.75, 3.05) is 0 Å². The molecule has 0 amide bonds. The summed E-state index contributed by atoms with van der Waals surface area (Å²) in [5.74, 6) is 0. The molecule has 3 unspecified atom stereocenters. The van der Waals surface area contributed by atoms with Crippen molar-refractivity contribution in [1.82, 2.24) is 0 Å². The van der Waals surface area contributed by atoms with Gasteiger partial charge in [-0.2, -0.15) is 0 Å². The third kappa shape index (κ3) is 29.0. The van der Waals surface area contributed by atoms with Crippen molar-refractivity contribution in [3.05, 3.63) is 225 Å². The standard InChI is InChI=1S/C82H142O11Si17/c1-30-95(5,6)84-96(7,8)66-69-100(15,16)87-107(28,77-54-40-32-41-55-77)88-101(17,18)70-67-97(9,10)85-98(11,12)68-71-102(19,20)89-108(29,78-56-42-33-43-57-78)90-103(21,22)73-75-105(25,26)92-110(81-62-48-36-49-63-81,82-64-50-37-51-65-82)93-109(79-58-44-34-45-59-79,80-60-46-35-47-61-80)91-104(23,24)74-72-99(13,14)86-106(27,83-94(2,3)4)76-52-38-31-39-53-76/h30-65H,1,66-75H2,2-29H3. The largest absolute Gasteiger partial charge is 0.456 e. The molecule has 0 N–H and O–H groups in total. The Bertz CT molecular complexity index is 3900. The van der Waals surface area contributed by atoms with E-state index in [0.717, 1.165) is 81.2 Å². The van der Waals surface area contributed by atoms with Crippen LogP contribution in [0.5, 0.6) is 0 Å². The second-order valence-corrected chi connectivity index (χ2v) is 108. The van der Waals surface area contributed by atoms with E-state index in [1.165, 1.54) is 15.6 Å². The Morgan fingerprint density at radius 2 is 0.355 bits per heavy atom. The number of rotatable bonds is 45. The Balaban J connectivity index is 1.12. The van der Waals surface area contributed by atoms with E-state index in [1.54, 1.807) is 0 Å². The second-order valence-electron chi connectivity index (χ2n) is 38.8. The maximum Gasteiger partial charge on any atom is 0.388 e. The molecule has 0 aliphatic heterocycles. The lowest BCUT2D eigenvalue weighted by molar-refractivity contribution is 0.351. The fourth-order valence-electron chi connectivity index (χ4n) is 15.3. The maximum absolute atomic E-state index is 8.69. The lowest BCUT2D eigenvalue weighted by atomic mass is 10.4. The molecular weight excluding hydrogens is 1640 g/mol. The van der Waals surface area contributed by atoms with Crippen molar-refractivity contribution >= 4 is 179 Å². The molecule has 0 bridgehead atoms. The van der Waals surface area contributed by atoms with Crippen LogP contribution in [0.15, 0.2) is 225 Å². The molecular formula is C82H142O11Si17. The van der Waals surface area contributed by atoms with Crippen molar-refractivity contribution in [2.45, 2.75) is 244 Å². The molecule has 11 nitrogen and oxygen atoms in total. The predicted molar refractivity (Wildman–Crippen MR) is 515 cm³/mol. The third-order valence-electron chi connectivity index (χ3n) is 20.7. The summed E-state index contributed by atoms with van der Waals surface area (Å²) in [4.78, 5) is 0. The van der Waals surface area contributed by atoms with Crippen LogP contribution >= 0.6 is 0 Å². The summed E-state index contributed by atoms with van der Waals surface area (Å²) in [5, 5.41) is 7.84. The van der Waals surface area contributed by atoms with Crippen molar-refractivity contribution in [1.29, 1.82) is 0 Å². The Hall–Kier alpha value is -2.47. The van der Waals surface area contributed by atoms with Gasteiger partial charge < -0.3 is 45.3 Å². The van der Waals surface area contributed by atoms with E-state index in [-0.39, 0.29) is 0 Å². The smallest absolute Gasteiger partial charge is 0.388 e. The van der Waals surface area contributed by atoms with E-state index in [0.29, 0.717) is 0 Å². The normalized spacial score (nSPS) is 15.6. The average molecular weight is 1780 g/mol. The molecule has 0 spiro atoms. The summed E-state index contributed by atoms with van der Waals surface area (Å²) in [6.07, 6.45) is 0. The summed E-state index contributed by atoms with van der Waals surface area (Å²) in [7, 11) is -43.9. The summed E-state index contributed by atoms with van der Waals surface area (Å²) in [5.41, 5.74) is 2.07. The fourth-order valence-corrected chi connectivity index (χ4v) is 104. The van der Waals surface area contributed by atoms with E-state index in [9.17, 15) is 0 Å². The lowest BCUT2D eigenvalue weighted by Gasteiger charge is -2.47. The predicted octanol–water partition coefficient (Wildman–Crippen LogP) is 20.4. The highest BCUT2D eigenvalue weighted by atomic mass is 28.5. The third-order valence-corrected chi connectivity index (χ3v) is 87.9. The van der Waals surface area contributed by atoms with E-state index < -0.39 is 143 Å². The molecule has 0 aliphatic carbocycles. The molecule has 0 fully saturated rings. The maximum atomic E-state index is 8.69. The Labute approximate surface area is 686 Å². The molecule has 0 aromatic heterocycles. The molecule has 7 aromatic rings. The van der Waals surface area contributed by atoms with Crippen LogP contribution in [-0.2, 0) is 45.3 Å². The van der Waals surface area contributed by atoms with E-state index >= 15 is 0 Å². The van der Waals surface area contributed by atoms with Gasteiger partial charge in [0.1, 0.15) is 0 Å². The Morgan fingerprint density at radius 1 is 0.191 bits per heavy atom. The molecule has 604 valence electrons. The molecule has 0 saturated heterocycles. The monoisotopic (exact) mass is 1780 g/mol. The van der Waals surface area contributed by atoms with Crippen LogP contribution in [0.3, 0.4) is 0 Å². The molecule has 28 heteroatoms. The van der Waals surface area contributed by atoms with Gasteiger partial charge in [-0.25, -0.2) is 0 Å². The van der Waals surface area contributed by atoms with Gasteiger partial charge in [-0.1, -0.05) is 218 Å². The van der Waals surface area contributed by atoms with Crippen LogP contribution in [0.2, 0.25) is 244 Å². The quantitative estimate of drug-likeness (QED) is 0.0341. The molecule has 7 rings (SSSR count). The van der Waals surface area contributed by atoms with Gasteiger partial charge in [0, 0.05) is 0 Å². The number of hydrogen-bond acceptors (Lipinski definition) is 11. The van der Waals surface area contributed by atoms with Crippen LogP contribution < -0.4 is 36.3 Å². The van der Waals surface area contributed by atoms with E-state index in [4.69, 9.17) is 45.3 Å². The van der Waals surface area contributed by atoms with Gasteiger partial charge in [0.2, 0.25) is 0 Å². The number of hydrogen-bond donors (Lipinski definition) is 0. The van der Waals surface area contributed by atoms with Gasteiger partial charge in [0.25, 0.3) is 0 Å². The van der Waals surface area contributed by atoms with Crippen LogP contribution in [0.25, 0.3) is 0 Å². The molecule has 0 saturated carbocycles. The average Bonchev–Trinajstić information content (AvgIpc) is 0.728. The highest BCUT2D eigenvalue weighted by Crippen LogP contribution is 2.38. The first-order valence-electron chi connectivity index (χ1n) is 40.3. The van der Waals surface area contributed by atoms with Gasteiger partial charge in [0.15, 0.2) is 99.8 Å². The first-order chi connectivity index (χ1) is 50.6. The molecule has 3 atom stereocenters. The van der Waals surface area contributed by atoms with Crippen molar-refractivity contribution in [2.24, 2.45) is 0 Å². The summed E-state index contributed by atoms with van der Waals surface area (Å²) >= 11 is 0. The van der Waals surface area contributed by atoms with Gasteiger partial charge >= 0.3 is 42.8 Å². The molecule has 0 heterocycles. The molecule has 110 heavy (non-hydrogen) atoms. The van der Waals surface area contributed by atoms with E-state index in [2.05, 4.69) is 408 Å². The fraction of sp³-hybridized carbons (Fsp3) is 0.463. The Kier molecular flexibility index (Phi) is 32.4. The van der Waals surface area contributed by atoms with Crippen LogP contribution in [-0.4, -0.2) is 143 Å². The summed E-state index contributed by atoms with van der Waals surface area (Å²) < 4.78 is 85.4. The molecule has 0 radical (unpaired) electrons. The summed E-state index contributed by atoms with van der Waals surface area (Å²) in [6, 6.07) is 85.9. The highest BCUT2D eigenvalue weighted by Gasteiger charge is 2.59. The van der Waals surface area contributed by atoms with Crippen LogP contribution in [0.1, 0.15) is 0 Å². The molecule has 0 aliphatic rings. The SMILES string of the molecule is C=C[Si](C)(C)O[Si](C)(C)CC[Si](C)(C)O[Si](C)(O[Si](C)(C)CC[Si](C)(C)O[Si](C)(C)CC[Si](C)(C)O[Si](C)(O[Si](C)(C)CC[Si](C)(C)O[Si](O[Si](O[Si](C)(C)CC[Si](C)(C)O[Si](C)(O[Si](C)(C)C)c1ccccc1)(c1ccccc1)c1ccccc1)(c1ccccc1)c1ccccc1)c1ccccc1)c1ccccc1. The van der Waals surface area contributed by atoms with Gasteiger partial charge in [-0.3, -0.25) is 0 Å². The van der Waals surface area contributed by atoms with Gasteiger partial charge in [-0.05, 0) is 280 Å². The lowest BCUT2D eigenvalue weighted by Crippen LogP contribution is -2.78. The molecule has 7 aromatic carbocycles. The minimum atomic E-state index is -3.81. The zero-order valence-electron chi connectivity index (χ0n) is 73.1. The van der Waals surface area contributed by atoms with E-state index in [1.807, 2.05) is 0 Å². The van der Waals surface area contributed by atoms with Crippen LogP contribution in [0.4, 0.5) is 0 Å². The summed E-state index contributed by atoms with van der Waals surface area (Å²) in [6.45, 7) is 70.6. The Morgan fingerprint density at radius 3 is 0.545 bits per heavy atom. The highest BCUT2D eigenvalue weighted by molar-refractivity contribution is 7.09. The topological polar surface area (TPSA) is 102 Å². The van der Waals surface area contributed by atoms with Crippen molar-refractivity contribution in [3.63, 3.8) is 0 Å². The zero-order chi connectivity index (χ0) is 81.8. The van der Waals surface area contributed by atoms with Crippen LogP contribution in [0, 0.1) is 0 Å². The first kappa shape index (κ1) is 94.7. The number of benzene rings is 7. The van der Waals surface area contributed by atoms with Gasteiger partial charge in [0.05, 0.1) is 0 Å². The minimum Gasteiger partial charge on any atom is -0.456 e. The van der Waals surface area contributed by atoms with Crippen molar-refractivity contribution in [3.8, 4) is 0 Å². The zero-order valence-corrected chi connectivity index (χ0v) is 90.1. The second kappa shape index (κ2) is 37.6. The first-order valence-corrected chi connectivity index (χ1v) is 88.5.